The molecule has 1 aromatic heterocycles. The summed E-state index contributed by atoms with van der Waals surface area (Å²) in [5, 5.41) is 5.53. The number of imidazole rings is 1. The molecule has 0 atom stereocenters. The molecule has 7 heteroatoms. The number of ether oxygens (including phenoxy) is 1. The van der Waals surface area contributed by atoms with E-state index in [1.54, 1.807) is 30.7 Å². The number of nitrogens with zero attached hydrogens (tertiary/aromatic N) is 2. The van der Waals surface area contributed by atoms with Gasteiger partial charge >= 0.3 is 0 Å². The monoisotopic (exact) mass is 334 g/mol. The van der Waals surface area contributed by atoms with Gasteiger partial charge in [-0.3, -0.25) is 9.59 Å². The van der Waals surface area contributed by atoms with Gasteiger partial charge in [0, 0.05) is 29.3 Å². The molecule has 2 amide bonds. The van der Waals surface area contributed by atoms with E-state index in [1.165, 1.54) is 0 Å². The van der Waals surface area contributed by atoms with E-state index in [-0.39, 0.29) is 18.4 Å². The van der Waals surface area contributed by atoms with Crippen molar-refractivity contribution in [1.82, 2.24) is 9.55 Å². The fourth-order valence-electron chi connectivity index (χ4n) is 2.55. The summed E-state index contributed by atoms with van der Waals surface area (Å²) in [5.41, 5.74) is 2.65. The number of rotatable bonds is 3. The Kier molecular flexibility index (Phi) is 3.66. The zero-order valence-corrected chi connectivity index (χ0v) is 13.1. The van der Waals surface area contributed by atoms with Crippen molar-refractivity contribution in [3.63, 3.8) is 0 Å². The van der Waals surface area contributed by atoms with Gasteiger partial charge in [-0.05, 0) is 42.5 Å². The molecule has 0 saturated carbocycles. The van der Waals surface area contributed by atoms with Crippen molar-refractivity contribution in [2.24, 2.45) is 0 Å². The van der Waals surface area contributed by atoms with Crippen molar-refractivity contribution in [1.29, 1.82) is 0 Å². The zero-order valence-electron chi connectivity index (χ0n) is 13.1. The quantitative estimate of drug-likeness (QED) is 0.770. The Bertz CT molecular complexity index is 933. The van der Waals surface area contributed by atoms with Gasteiger partial charge < -0.3 is 19.9 Å². The summed E-state index contributed by atoms with van der Waals surface area (Å²) in [7, 11) is 0. The first-order chi connectivity index (χ1) is 12.2. The largest absolute Gasteiger partial charge is 0.482 e. The Morgan fingerprint density at radius 3 is 2.80 bits per heavy atom. The second kappa shape index (κ2) is 6.12. The molecule has 25 heavy (non-hydrogen) atoms. The molecule has 0 fully saturated rings. The lowest BCUT2D eigenvalue weighted by Crippen LogP contribution is -2.25. The van der Waals surface area contributed by atoms with Gasteiger partial charge in [-0.25, -0.2) is 4.98 Å². The zero-order chi connectivity index (χ0) is 17.2. The number of benzene rings is 2. The summed E-state index contributed by atoms with van der Waals surface area (Å²) in [6, 6.07) is 12.3. The van der Waals surface area contributed by atoms with E-state index in [0.29, 0.717) is 22.7 Å². The van der Waals surface area contributed by atoms with Gasteiger partial charge in [0.25, 0.3) is 11.8 Å². The van der Waals surface area contributed by atoms with Crippen LogP contribution in [0.5, 0.6) is 5.75 Å². The second-order valence-corrected chi connectivity index (χ2v) is 5.52. The average molecular weight is 334 g/mol. The van der Waals surface area contributed by atoms with Gasteiger partial charge in [-0.1, -0.05) is 0 Å². The van der Waals surface area contributed by atoms with E-state index in [9.17, 15) is 9.59 Å². The van der Waals surface area contributed by atoms with Crippen molar-refractivity contribution < 1.29 is 14.3 Å². The van der Waals surface area contributed by atoms with E-state index in [4.69, 9.17) is 4.74 Å². The molecule has 0 aliphatic carbocycles. The van der Waals surface area contributed by atoms with Gasteiger partial charge in [-0.2, -0.15) is 0 Å². The average Bonchev–Trinajstić information content (AvgIpc) is 3.16. The van der Waals surface area contributed by atoms with Crippen LogP contribution in [0.2, 0.25) is 0 Å². The number of nitrogens with one attached hydrogen (secondary N) is 2. The summed E-state index contributed by atoms with van der Waals surface area (Å²) in [5.74, 6) is 0.0315. The molecule has 3 aromatic rings. The predicted molar refractivity (Wildman–Crippen MR) is 92.1 cm³/mol. The van der Waals surface area contributed by atoms with Crippen LogP contribution in [0.4, 0.5) is 11.4 Å². The molecular weight excluding hydrogens is 320 g/mol. The number of carbonyl (C=O) groups excluding carboxylic acids is 2. The normalized spacial score (nSPS) is 12.7. The molecule has 2 heterocycles. The van der Waals surface area contributed by atoms with Gasteiger partial charge in [0.2, 0.25) is 0 Å². The molecule has 0 unspecified atom stereocenters. The van der Waals surface area contributed by atoms with Crippen LogP contribution in [0.15, 0.2) is 61.2 Å². The third-order valence-corrected chi connectivity index (χ3v) is 3.80. The Morgan fingerprint density at radius 1 is 1.20 bits per heavy atom. The van der Waals surface area contributed by atoms with Gasteiger partial charge in [-0.15, -0.1) is 0 Å². The topological polar surface area (TPSA) is 85.2 Å². The highest BCUT2D eigenvalue weighted by atomic mass is 16.5. The molecule has 0 spiro atoms. The predicted octanol–water partition coefficient (Wildman–Crippen LogP) is 2.46. The summed E-state index contributed by atoms with van der Waals surface area (Å²) in [4.78, 5) is 27.7. The number of hydrogen-bond donors (Lipinski definition) is 2. The first kappa shape index (κ1) is 14.9. The SMILES string of the molecule is O=C1COc2cc(C(=O)Nc3ccc(-n4ccnc4)cc3)ccc2N1. The summed E-state index contributed by atoms with van der Waals surface area (Å²) in [6.07, 6.45) is 5.26. The molecule has 1 aliphatic rings. The third kappa shape index (κ3) is 3.07. The fourth-order valence-corrected chi connectivity index (χ4v) is 2.55. The van der Waals surface area contributed by atoms with E-state index in [0.717, 1.165) is 5.69 Å². The van der Waals surface area contributed by atoms with Crippen LogP contribution >= 0.6 is 0 Å². The first-order valence-electron chi connectivity index (χ1n) is 7.65. The van der Waals surface area contributed by atoms with Crippen molar-refractivity contribution in [2.45, 2.75) is 0 Å². The molecule has 1 aliphatic heterocycles. The van der Waals surface area contributed by atoms with E-state index >= 15 is 0 Å². The van der Waals surface area contributed by atoms with E-state index in [2.05, 4.69) is 15.6 Å². The molecule has 0 bridgehead atoms. The molecular formula is C18H14N4O3. The maximum atomic E-state index is 12.4. The van der Waals surface area contributed by atoms with E-state index in [1.807, 2.05) is 35.0 Å². The van der Waals surface area contributed by atoms with Crippen LogP contribution in [0.3, 0.4) is 0 Å². The van der Waals surface area contributed by atoms with E-state index < -0.39 is 0 Å². The van der Waals surface area contributed by atoms with Gasteiger partial charge in [0.1, 0.15) is 5.75 Å². The van der Waals surface area contributed by atoms with Crippen LogP contribution in [-0.2, 0) is 4.79 Å². The molecule has 2 aromatic carbocycles. The first-order valence-corrected chi connectivity index (χ1v) is 7.65. The van der Waals surface area contributed by atoms with Crippen molar-refractivity contribution in [2.75, 3.05) is 17.2 Å². The third-order valence-electron chi connectivity index (χ3n) is 3.80. The lowest BCUT2D eigenvalue weighted by molar-refractivity contribution is -0.118. The number of hydrogen-bond acceptors (Lipinski definition) is 4. The maximum Gasteiger partial charge on any atom is 0.262 e. The smallest absolute Gasteiger partial charge is 0.262 e. The Morgan fingerprint density at radius 2 is 2.04 bits per heavy atom. The molecule has 124 valence electrons. The molecule has 0 radical (unpaired) electrons. The van der Waals surface area contributed by atoms with Gasteiger partial charge in [0.05, 0.1) is 12.0 Å². The van der Waals surface area contributed by atoms with Crippen molar-refractivity contribution in [3.05, 3.63) is 66.7 Å². The highest BCUT2D eigenvalue weighted by Crippen LogP contribution is 2.28. The fraction of sp³-hybridized carbons (Fsp3) is 0.0556. The number of aromatic nitrogens is 2. The minimum absolute atomic E-state index is 0.0478. The minimum Gasteiger partial charge on any atom is -0.482 e. The number of anilines is 2. The summed E-state index contributed by atoms with van der Waals surface area (Å²) < 4.78 is 7.21. The Labute approximate surface area is 143 Å². The molecule has 4 rings (SSSR count). The maximum absolute atomic E-state index is 12.4. The standard InChI is InChI=1S/C18H14N4O3/c23-17-10-25-16-9-12(1-6-15(16)21-17)18(24)20-13-2-4-14(5-3-13)22-8-7-19-11-22/h1-9,11H,10H2,(H,20,24)(H,21,23). The lowest BCUT2D eigenvalue weighted by atomic mass is 10.1. The van der Waals surface area contributed by atoms with Crippen LogP contribution < -0.4 is 15.4 Å². The number of amides is 2. The van der Waals surface area contributed by atoms with Gasteiger partial charge in [0.15, 0.2) is 6.61 Å². The summed E-state index contributed by atoms with van der Waals surface area (Å²) >= 11 is 0. The molecule has 0 saturated heterocycles. The number of fused-ring (bicyclic) bond motifs is 1. The number of carbonyl (C=O) groups is 2. The molecule has 2 N–H and O–H groups in total. The lowest BCUT2D eigenvalue weighted by Gasteiger charge is -2.18. The highest BCUT2D eigenvalue weighted by Gasteiger charge is 2.17. The molecule has 7 nitrogen and oxygen atoms in total. The highest BCUT2D eigenvalue weighted by molar-refractivity contribution is 6.05. The van der Waals surface area contributed by atoms with Crippen molar-refractivity contribution >= 4 is 23.2 Å². The van der Waals surface area contributed by atoms with Crippen molar-refractivity contribution in [3.8, 4) is 11.4 Å². The summed E-state index contributed by atoms with van der Waals surface area (Å²) in [6.45, 7) is -0.0478. The Balaban J connectivity index is 1.49. The Hall–Kier alpha value is -3.61. The minimum atomic E-state index is -0.251. The van der Waals surface area contributed by atoms with Crippen LogP contribution in [0.1, 0.15) is 10.4 Å². The van der Waals surface area contributed by atoms with Crippen LogP contribution in [0, 0.1) is 0 Å². The van der Waals surface area contributed by atoms with Crippen LogP contribution in [-0.4, -0.2) is 28.0 Å². The van der Waals surface area contributed by atoms with Crippen LogP contribution in [0.25, 0.3) is 5.69 Å². The second-order valence-electron chi connectivity index (χ2n) is 5.52.